The number of anilines is 1. The van der Waals surface area contributed by atoms with Crippen LogP contribution in [-0.2, 0) is 4.74 Å². The molecule has 94 valence electrons. The van der Waals surface area contributed by atoms with Crippen LogP contribution in [0.25, 0.3) is 0 Å². The number of nitrogens with one attached hydrogen (secondary N) is 1. The number of ether oxygens (including phenoxy) is 2. The topological polar surface area (TPSA) is 73.6 Å². The molecule has 0 aliphatic rings. The smallest absolute Gasteiger partial charge is 0.297 e. The van der Waals surface area contributed by atoms with Crippen molar-refractivity contribution in [2.75, 3.05) is 32.7 Å². The molecule has 0 heterocycles. The van der Waals surface area contributed by atoms with Crippen LogP contribution in [-0.4, -0.2) is 32.3 Å². The highest BCUT2D eigenvalue weighted by Gasteiger charge is 2.19. The molecule has 0 aliphatic heterocycles. The van der Waals surface area contributed by atoms with Gasteiger partial charge in [0.15, 0.2) is 5.69 Å². The summed E-state index contributed by atoms with van der Waals surface area (Å²) < 4.78 is 10.6. The van der Waals surface area contributed by atoms with Gasteiger partial charge < -0.3 is 14.8 Å². The second-order valence-corrected chi connectivity index (χ2v) is 4.09. The molecule has 17 heavy (non-hydrogen) atoms. The maximum Gasteiger partial charge on any atom is 0.297 e. The number of hydrogen-bond donors (Lipinski definition) is 1. The summed E-state index contributed by atoms with van der Waals surface area (Å²) in [6.07, 6.45) is 0. The Morgan fingerprint density at radius 2 is 2.18 bits per heavy atom. The third-order valence-corrected chi connectivity index (χ3v) is 2.53. The highest BCUT2D eigenvalue weighted by atomic mass is 79.9. The number of nitro groups is 1. The molecule has 0 spiro atoms. The van der Waals surface area contributed by atoms with E-state index in [0.29, 0.717) is 29.1 Å². The summed E-state index contributed by atoms with van der Waals surface area (Å²) in [6.45, 7) is 0.922. The van der Waals surface area contributed by atoms with Crippen LogP contribution in [0.1, 0.15) is 0 Å². The SMILES string of the molecule is COCCNc1c(OC)cc(Br)cc1[N+](=O)[O-]. The lowest BCUT2D eigenvalue weighted by molar-refractivity contribution is -0.384. The summed E-state index contributed by atoms with van der Waals surface area (Å²) in [7, 11) is 3.03. The number of hydrogen-bond acceptors (Lipinski definition) is 5. The van der Waals surface area contributed by atoms with Gasteiger partial charge in [-0.1, -0.05) is 15.9 Å². The molecule has 0 atom stereocenters. The van der Waals surface area contributed by atoms with Crippen molar-refractivity contribution in [2.45, 2.75) is 0 Å². The fourth-order valence-corrected chi connectivity index (χ4v) is 1.75. The van der Waals surface area contributed by atoms with Crippen molar-refractivity contribution in [3.8, 4) is 5.75 Å². The Kier molecular flexibility index (Phi) is 5.17. The average Bonchev–Trinajstić information content (AvgIpc) is 2.30. The van der Waals surface area contributed by atoms with Gasteiger partial charge in [0.25, 0.3) is 5.69 Å². The van der Waals surface area contributed by atoms with Gasteiger partial charge in [0.1, 0.15) is 5.75 Å². The zero-order valence-corrected chi connectivity index (χ0v) is 11.1. The Morgan fingerprint density at radius 1 is 1.47 bits per heavy atom. The Balaban J connectivity index is 3.08. The van der Waals surface area contributed by atoms with Crippen molar-refractivity contribution >= 4 is 27.3 Å². The fraction of sp³-hybridized carbons (Fsp3) is 0.400. The Bertz CT molecular complexity index is 412. The lowest BCUT2D eigenvalue weighted by Gasteiger charge is -2.11. The van der Waals surface area contributed by atoms with Crippen molar-refractivity contribution in [2.24, 2.45) is 0 Å². The van der Waals surface area contributed by atoms with Crippen LogP contribution < -0.4 is 10.1 Å². The number of halogens is 1. The van der Waals surface area contributed by atoms with Crippen molar-refractivity contribution in [1.29, 1.82) is 0 Å². The van der Waals surface area contributed by atoms with Crippen LogP contribution in [0.15, 0.2) is 16.6 Å². The maximum absolute atomic E-state index is 10.9. The van der Waals surface area contributed by atoms with Crippen LogP contribution in [0.4, 0.5) is 11.4 Å². The summed E-state index contributed by atoms with van der Waals surface area (Å²) >= 11 is 3.20. The van der Waals surface area contributed by atoms with Crippen molar-refractivity contribution in [1.82, 2.24) is 0 Å². The molecule has 0 radical (unpaired) electrons. The zero-order chi connectivity index (χ0) is 12.8. The zero-order valence-electron chi connectivity index (χ0n) is 9.53. The lowest BCUT2D eigenvalue weighted by atomic mass is 10.2. The summed E-state index contributed by atoms with van der Waals surface area (Å²) in [5.74, 6) is 0.419. The Labute approximate surface area is 107 Å². The van der Waals surface area contributed by atoms with Crippen LogP contribution in [0.2, 0.25) is 0 Å². The van der Waals surface area contributed by atoms with E-state index in [2.05, 4.69) is 21.2 Å². The minimum Gasteiger partial charge on any atom is -0.494 e. The molecule has 0 saturated heterocycles. The van der Waals surface area contributed by atoms with Gasteiger partial charge in [-0.3, -0.25) is 10.1 Å². The molecule has 1 aromatic rings. The number of methoxy groups -OCH3 is 2. The van der Waals surface area contributed by atoms with E-state index < -0.39 is 4.92 Å². The molecule has 7 heteroatoms. The number of nitro benzene ring substituents is 1. The van der Waals surface area contributed by atoms with E-state index in [0.717, 1.165) is 0 Å². The normalized spacial score (nSPS) is 10.1. The number of nitrogens with zero attached hydrogens (tertiary/aromatic N) is 1. The van der Waals surface area contributed by atoms with Gasteiger partial charge in [0.2, 0.25) is 0 Å². The largest absolute Gasteiger partial charge is 0.494 e. The minimum absolute atomic E-state index is 0.0349. The molecule has 0 bridgehead atoms. The second-order valence-electron chi connectivity index (χ2n) is 3.18. The molecule has 0 amide bonds. The van der Waals surface area contributed by atoms with Crippen LogP contribution >= 0.6 is 15.9 Å². The van der Waals surface area contributed by atoms with E-state index in [-0.39, 0.29) is 5.69 Å². The first kappa shape index (κ1) is 13.7. The monoisotopic (exact) mass is 304 g/mol. The van der Waals surface area contributed by atoms with Crippen molar-refractivity contribution in [3.63, 3.8) is 0 Å². The third-order valence-electron chi connectivity index (χ3n) is 2.07. The molecule has 0 fully saturated rings. The van der Waals surface area contributed by atoms with E-state index in [4.69, 9.17) is 9.47 Å². The number of benzene rings is 1. The van der Waals surface area contributed by atoms with Crippen LogP contribution in [0.3, 0.4) is 0 Å². The lowest BCUT2D eigenvalue weighted by Crippen LogP contribution is -2.10. The summed E-state index contributed by atoms with van der Waals surface area (Å²) in [5.41, 5.74) is 0.324. The molecular formula is C10H13BrN2O4. The van der Waals surface area contributed by atoms with E-state index in [1.165, 1.54) is 13.2 Å². The molecule has 0 unspecified atom stereocenters. The summed E-state index contributed by atoms with van der Waals surface area (Å²) in [4.78, 5) is 10.5. The van der Waals surface area contributed by atoms with Gasteiger partial charge in [-0.25, -0.2) is 0 Å². The predicted octanol–water partition coefficient (Wildman–Crippen LogP) is 2.42. The van der Waals surface area contributed by atoms with E-state index in [1.54, 1.807) is 13.2 Å². The molecule has 1 rings (SSSR count). The second kappa shape index (κ2) is 6.41. The minimum atomic E-state index is -0.456. The highest BCUT2D eigenvalue weighted by Crippen LogP contribution is 2.37. The Morgan fingerprint density at radius 3 is 2.71 bits per heavy atom. The molecule has 0 saturated carbocycles. The van der Waals surface area contributed by atoms with Crippen molar-refractivity contribution < 1.29 is 14.4 Å². The highest BCUT2D eigenvalue weighted by molar-refractivity contribution is 9.10. The average molecular weight is 305 g/mol. The summed E-state index contributed by atoms with van der Waals surface area (Å²) in [5, 5.41) is 13.9. The molecule has 1 aromatic carbocycles. The fourth-order valence-electron chi connectivity index (χ4n) is 1.33. The first-order valence-electron chi connectivity index (χ1n) is 4.85. The molecule has 0 aromatic heterocycles. The van der Waals surface area contributed by atoms with Gasteiger partial charge in [-0.2, -0.15) is 0 Å². The van der Waals surface area contributed by atoms with Gasteiger partial charge in [0, 0.05) is 24.2 Å². The summed E-state index contributed by atoms with van der Waals surface area (Å²) in [6, 6.07) is 3.10. The standard InChI is InChI=1S/C10H13BrN2O4/c1-16-4-3-12-10-8(13(14)15)5-7(11)6-9(10)17-2/h5-6,12H,3-4H2,1-2H3. The van der Waals surface area contributed by atoms with E-state index in [1.807, 2.05) is 0 Å². The van der Waals surface area contributed by atoms with Crippen LogP contribution in [0, 0.1) is 10.1 Å². The maximum atomic E-state index is 10.9. The van der Waals surface area contributed by atoms with Crippen LogP contribution in [0.5, 0.6) is 5.75 Å². The quantitative estimate of drug-likeness (QED) is 0.496. The number of rotatable bonds is 6. The van der Waals surface area contributed by atoms with Gasteiger partial charge in [-0.15, -0.1) is 0 Å². The first-order chi connectivity index (χ1) is 8.10. The van der Waals surface area contributed by atoms with Gasteiger partial charge in [-0.05, 0) is 6.07 Å². The van der Waals surface area contributed by atoms with Gasteiger partial charge >= 0.3 is 0 Å². The third kappa shape index (κ3) is 3.57. The predicted molar refractivity (Wildman–Crippen MR) is 67.7 cm³/mol. The molecule has 1 N–H and O–H groups in total. The molecular weight excluding hydrogens is 292 g/mol. The van der Waals surface area contributed by atoms with E-state index in [9.17, 15) is 10.1 Å². The van der Waals surface area contributed by atoms with Gasteiger partial charge in [0.05, 0.1) is 18.6 Å². The molecule has 6 nitrogen and oxygen atoms in total. The molecule has 0 aliphatic carbocycles. The first-order valence-corrected chi connectivity index (χ1v) is 5.64. The Hall–Kier alpha value is -1.34. The van der Waals surface area contributed by atoms with Crippen molar-refractivity contribution in [3.05, 3.63) is 26.7 Å². The van der Waals surface area contributed by atoms with E-state index >= 15 is 0 Å².